The largest absolute Gasteiger partial charge is 0.494 e. The lowest BCUT2D eigenvalue weighted by molar-refractivity contribution is -0.132. The molecule has 1 fully saturated rings. The zero-order valence-corrected chi connectivity index (χ0v) is 25.7. The summed E-state index contributed by atoms with van der Waals surface area (Å²) < 4.78 is 11.7. The number of carbonyl (C=O) groups excluding carboxylic acids is 2. The minimum atomic E-state index is -0.205. The molecule has 2 heterocycles. The summed E-state index contributed by atoms with van der Waals surface area (Å²) in [6.45, 7) is 4.42. The first-order valence-electron chi connectivity index (χ1n) is 15.0. The van der Waals surface area contributed by atoms with Crippen molar-refractivity contribution in [3.8, 4) is 11.5 Å². The minimum absolute atomic E-state index is 0.00291. The number of aryl methyl sites for hydroxylation is 1. The number of fused-ring (bicyclic) bond motifs is 2. The second-order valence-electron chi connectivity index (χ2n) is 11.3. The van der Waals surface area contributed by atoms with Gasteiger partial charge in [-0.1, -0.05) is 66.2 Å². The summed E-state index contributed by atoms with van der Waals surface area (Å²) in [4.78, 5) is 29.9. The predicted octanol–water partition coefficient (Wildman–Crippen LogP) is 5.63. The highest BCUT2D eigenvalue weighted by atomic mass is 35.5. The Hall–Kier alpha value is -3.81. The number of carbonyl (C=O) groups is 2. The molecule has 3 aromatic rings. The maximum absolute atomic E-state index is 14.0. The van der Waals surface area contributed by atoms with Gasteiger partial charge in [0.1, 0.15) is 11.5 Å². The van der Waals surface area contributed by atoms with Crippen LogP contribution in [-0.2, 0) is 16.0 Å². The summed E-state index contributed by atoms with van der Waals surface area (Å²) >= 11 is 6.19. The number of para-hydroxylation sites is 2. The Bertz CT molecular complexity index is 1430. The first kappa shape index (κ1) is 30.6. The summed E-state index contributed by atoms with van der Waals surface area (Å²) in [5.41, 5.74) is 4.11. The Labute approximate surface area is 259 Å². The van der Waals surface area contributed by atoms with Crippen LogP contribution in [0.4, 0.5) is 0 Å². The number of nitrogens with one attached hydrogen (secondary N) is 1. The van der Waals surface area contributed by atoms with E-state index in [1.807, 2.05) is 66.5 Å². The highest BCUT2D eigenvalue weighted by Gasteiger charge is 2.39. The van der Waals surface area contributed by atoms with Crippen molar-refractivity contribution in [2.75, 3.05) is 39.9 Å². The maximum Gasteiger partial charge on any atom is 0.251 e. The monoisotopic (exact) mass is 601 g/mol. The smallest absolute Gasteiger partial charge is 0.251 e. The molecule has 0 spiro atoms. The third-order valence-corrected chi connectivity index (χ3v) is 8.40. The highest BCUT2D eigenvalue weighted by Crippen LogP contribution is 2.34. The SMILES string of the molecule is CC(=O)N1CC2CC(c3ccc(CCCOc4ccccc4Cl)cc3)=C(C(=O)N(C)CCCOc3ccccc3)[C@@H](C1)N2. The van der Waals surface area contributed by atoms with E-state index >= 15 is 0 Å². The zero-order chi connectivity index (χ0) is 30.2. The van der Waals surface area contributed by atoms with Gasteiger partial charge in [0.2, 0.25) is 5.91 Å². The van der Waals surface area contributed by atoms with Crippen LogP contribution in [-0.4, -0.2) is 73.6 Å². The van der Waals surface area contributed by atoms with Gasteiger partial charge in [0.05, 0.1) is 24.3 Å². The van der Waals surface area contributed by atoms with Gasteiger partial charge < -0.3 is 24.6 Å². The molecule has 2 atom stereocenters. The average molecular weight is 602 g/mol. The van der Waals surface area contributed by atoms with Crippen LogP contribution in [0.15, 0.2) is 84.4 Å². The van der Waals surface area contributed by atoms with Crippen LogP contribution in [0.5, 0.6) is 11.5 Å². The van der Waals surface area contributed by atoms with Gasteiger partial charge in [0.25, 0.3) is 5.91 Å². The van der Waals surface area contributed by atoms with E-state index in [0.717, 1.165) is 41.7 Å². The van der Waals surface area contributed by atoms with Crippen LogP contribution in [0.25, 0.3) is 5.57 Å². The van der Waals surface area contributed by atoms with Crippen LogP contribution >= 0.6 is 11.6 Å². The van der Waals surface area contributed by atoms with Crippen LogP contribution in [0.1, 0.15) is 37.3 Å². The van der Waals surface area contributed by atoms with Gasteiger partial charge in [-0.25, -0.2) is 0 Å². The molecule has 5 rings (SSSR count). The second kappa shape index (κ2) is 14.6. The molecule has 7 nitrogen and oxygen atoms in total. The molecule has 2 amide bonds. The summed E-state index contributed by atoms with van der Waals surface area (Å²) in [6, 6.07) is 25.7. The number of hydrogen-bond donors (Lipinski definition) is 1. The molecule has 0 aromatic heterocycles. The molecule has 0 saturated carbocycles. The van der Waals surface area contributed by atoms with Gasteiger partial charge in [-0.05, 0) is 66.6 Å². The molecule has 3 aromatic carbocycles. The van der Waals surface area contributed by atoms with Gasteiger partial charge in [0, 0.05) is 45.2 Å². The zero-order valence-electron chi connectivity index (χ0n) is 24.9. The molecule has 226 valence electrons. The number of rotatable bonds is 12. The van der Waals surface area contributed by atoms with Crippen molar-refractivity contribution >= 4 is 29.0 Å². The molecule has 43 heavy (non-hydrogen) atoms. The lowest BCUT2D eigenvalue weighted by Gasteiger charge is -2.44. The fourth-order valence-electron chi connectivity index (χ4n) is 5.83. The number of amides is 2. The van der Waals surface area contributed by atoms with E-state index in [1.165, 1.54) is 5.56 Å². The predicted molar refractivity (Wildman–Crippen MR) is 170 cm³/mol. The van der Waals surface area contributed by atoms with Crippen molar-refractivity contribution in [1.82, 2.24) is 15.1 Å². The minimum Gasteiger partial charge on any atom is -0.494 e. The number of benzene rings is 3. The van der Waals surface area contributed by atoms with Crippen molar-refractivity contribution in [3.05, 3.63) is 101 Å². The fourth-order valence-corrected chi connectivity index (χ4v) is 6.02. The summed E-state index contributed by atoms with van der Waals surface area (Å²) in [5.74, 6) is 1.57. The molecular weight excluding hydrogens is 562 g/mol. The van der Waals surface area contributed by atoms with E-state index in [-0.39, 0.29) is 23.9 Å². The quantitative estimate of drug-likeness (QED) is 0.273. The van der Waals surface area contributed by atoms with Gasteiger partial charge >= 0.3 is 0 Å². The number of ether oxygens (including phenoxy) is 2. The van der Waals surface area contributed by atoms with E-state index in [1.54, 1.807) is 11.8 Å². The third kappa shape index (κ3) is 7.98. The standard InChI is InChI=1S/C35H40ClN3O4/c1-25(40)39-23-28-22-30(27-17-15-26(16-18-27)10-8-20-43-33-14-7-6-13-31(33)36)34(32(24-39)37-28)35(41)38(2)19-9-21-42-29-11-4-3-5-12-29/h3-7,11-18,28,32,37H,8-10,19-24H2,1-2H3/t28?,32-/m1/s1. The van der Waals surface area contributed by atoms with E-state index in [0.29, 0.717) is 50.0 Å². The lowest BCUT2D eigenvalue weighted by atomic mass is 9.82. The topological polar surface area (TPSA) is 71.1 Å². The van der Waals surface area contributed by atoms with Crippen LogP contribution in [0.3, 0.4) is 0 Å². The first-order valence-corrected chi connectivity index (χ1v) is 15.4. The van der Waals surface area contributed by atoms with Crippen molar-refractivity contribution < 1.29 is 19.1 Å². The molecule has 1 saturated heterocycles. The highest BCUT2D eigenvalue weighted by molar-refractivity contribution is 6.32. The molecule has 0 aliphatic carbocycles. The van der Waals surface area contributed by atoms with Gasteiger partial charge in [0.15, 0.2) is 0 Å². The number of likely N-dealkylation sites (N-methyl/N-ethyl adjacent to an activating group) is 1. The third-order valence-electron chi connectivity index (χ3n) is 8.08. The van der Waals surface area contributed by atoms with E-state index in [2.05, 4.69) is 29.6 Å². The second-order valence-corrected chi connectivity index (χ2v) is 11.7. The average Bonchev–Trinajstić information content (AvgIpc) is 3.02. The molecule has 1 unspecified atom stereocenters. The number of hydrogen-bond acceptors (Lipinski definition) is 5. The molecule has 1 N–H and O–H groups in total. The normalized spacial score (nSPS) is 17.9. The van der Waals surface area contributed by atoms with Crippen molar-refractivity contribution in [2.45, 2.75) is 44.7 Å². The lowest BCUT2D eigenvalue weighted by Crippen LogP contribution is -2.61. The number of piperazine rings is 1. The molecule has 2 bridgehead atoms. The molecule has 2 aliphatic heterocycles. The summed E-state index contributed by atoms with van der Waals surface area (Å²) in [6.07, 6.45) is 3.15. The Kier molecular flexibility index (Phi) is 10.4. The Morgan fingerprint density at radius 1 is 0.930 bits per heavy atom. The van der Waals surface area contributed by atoms with Gasteiger partial charge in [-0.3, -0.25) is 9.59 Å². The Balaban J connectivity index is 1.26. The summed E-state index contributed by atoms with van der Waals surface area (Å²) in [5, 5.41) is 4.25. The molecule has 0 radical (unpaired) electrons. The molecule has 8 heteroatoms. The van der Waals surface area contributed by atoms with Crippen molar-refractivity contribution in [1.29, 1.82) is 0 Å². The first-order chi connectivity index (χ1) is 20.9. The van der Waals surface area contributed by atoms with Gasteiger partial charge in [-0.15, -0.1) is 0 Å². The van der Waals surface area contributed by atoms with Crippen LogP contribution in [0.2, 0.25) is 5.02 Å². The maximum atomic E-state index is 14.0. The van der Waals surface area contributed by atoms with Crippen molar-refractivity contribution in [2.24, 2.45) is 0 Å². The van der Waals surface area contributed by atoms with Crippen LogP contribution < -0.4 is 14.8 Å². The molecular formula is C35H40ClN3O4. The van der Waals surface area contributed by atoms with Crippen molar-refractivity contribution in [3.63, 3.8) is 0 Å². The van der Waals surface area contributed by atoms with Crippen LogP contribution in [0, 0.1) is 0 Å². The summed E-state index contributed by atoms with van der Waals surface area (Å²) in [7, 11) is 1.85. The van der Waals surface area contributed by atoms with E-state index in [9.17, 15) is 9.59 Å². The molecule has 2 aliphatic rings. The Morgan fingerprint density at radius 3 is 2.40 bits per heavy atom. The van der Waals surface area contributed by atoms with Gasteiger partial charge in [-0.2, -0.15) is 0 Å². The number of nitrogens with zero attached hydrogens (tertiary/aromatic N) is 2. The Morgan fingerprint density at radius 2 is 1.65 bits per heavy atom. The number of halogens is 1. The fraction of sp³-hybridized carbons (Fsp3) is 0.371. The van der Waals surface area contributed by atoms with E-state index < -0.39 is 0 Å². The van der Waals surface area contributed by atoms with E-state index in [4.69, 9.17) is 21.1 Å².